The van der Waals surface area contributed by atoms with Gasteiger partial charge in [0.25, 0.3) is 0 Å². The number of likely N-dealkylation sites (N-methyl/N-ethyl adjacent to an activating group) is 1. The Morgan fingerprint density at radius 1 is 1.24 bits per heavy atom. The summed E-state index contributed by atoms with van der Waals surface area (Å²) in [5.74, 6) is -1.11. The molecule has 1 aliphatic carbocycles. The Labute approximate surface area is 194 Å². The van der Waals surface area contributed by atoms with Crippen LogP contribution in [0.1, 0.15) is 42.1 Å². The van der Waals surface area contributed by atoms with Crippen molar-refractivity contribution in [2.45, 2.75) is 56.4 Å². The van der Waals surface area contributed by atoms with E-state index in [9.17, 15) is 22.8 Å². The monoisotopic (exact) mass is 480 g/mol. The van der Waals surface area contributed by atoms with Gasteiger partial charge in [-0.25, -0.2) is 0 Å². The highest BCUT2D eigenvalue weighted by Crippen LogP contribution is 2.37. The second-order valence-electron chi connectivity index (χ2n) is 8.54. The predicted octanol–water partition coefficient (Wildman–Crippen LogP) is 4.04. The summed E-state index contributed by atoms with van der Waals surface area (Å²) < 4.78 is 41.8. The molecular weight excluding hydrogens is 457 g/mol. The van der Waals surface area contributed by atoms with Crippen LogP contribution in [0.4, 0.5) is 18.9 Å². The first kappa shape index (κ1) is 23.4. The van der Waals surface area contributed by atoms with Gasteiger partial charge in [-0.15, -0.1) is 0 Å². The molecule has 1 unspecified atom stereocenters. The van der Waals surface area contributed by atoms with Gasteiger partial charge >= 0.3 is 6.18 Å². The fourth-order valence-electron chi connectivity index (χ4n) is 4.53. The Bertz CT molecular complexity index is 1040. The Kier molecular flexibility index (Phi) is 6.52. The Morgan fingerprint density at radius 3 is 2.67 bits per heavy atom. The van der Waals surface area contributed by atoms with Gasteiger partial charge in [0.1, 0.15) is 6.04 Å². The van der Waals surface area contributed by atoms with Crippen molar-refractivity contribution in [3.05, 3.63) is 58.4 Å². The van der Waals surface area contributed by atoms with Crippen LogP contribution in [-0.2, 0) is 22.4 Å². The van der Waals surface area contributed by atoms with Gasteiger partial charge in [-0.1, -0.05) is 17.7 Å². The van der Waals surface area contributed by atoms with Crippen molar-refractivity contribution in [2.24, 2.45) is 0 Å². The molecule has 1 aromatic heterocycles. The molecule has 1 saturated heterocycles. The van der Waals surface area contributed by atoms with Crippen LogP contribution in [0.3, 0.4) is 0 Å². The normalized spacial score (nSPS) is 21.2. The molecule has 4 rings (SSSR count). The quantitative estimate of drug-likeness (QED) is 0.677. The summed E-state index contributed by atoms with van der Waals surface area (Å²) in [6.45, 7) is 0. The number of halogens is 4. The van der Waals surface area contributed by atoms with E-state index in [1.165, 1.54) is 23.9 Å². The highest BCUT2D eigenvalue weighted by atomic mass is 35.5. The van der Waals surface area contributed by atoms with E-state index < -0.39 is 24.2 Å². The van der Waals surface area contributed by atoms with Crippen molar-refractivity contribution < 1.29 is 22.8 Å². The van der Waals surface area contributed by atoms with Crippen molar-refractivity contribution in [1.82, 2.24) is 15.2 Å². The van der Waals surface area contributed by atoms with Crippen LogP contribution in [0.25, 0.3) is 0 Å². The summed E-state index contributed by atoms with van der Waals surface area (Å²) in [5.41, 5.74) is 2.65. The lowest BCUT2D eigenvalue weighted by atomic mass is 10.0. The summed E-state index contributed by atoms with van der Waals surface area (Å²) in [7, 11) is 1.09. The maximum atomic E-state index is 13.9. The van der Waals surface area contributed by atoms with Gasteiger partial charge < -0.3 is 15.5 Å². The molecular formula is C23H24ClF3N4O2. The summed E-state index contributed by atoms with van der Waals surface area (Å²) in [6, 6.07) is 5.48. The fraction of sp³-hybridized carbons (Fsp3) is 0.435. The minimum atomic E-state index is -4.72. The molecule has 0 bridgehead atoms. The maximum absolute atomic E-state index is 13.9. The molecule has 2 N–H and O–H groups in total. The predicted molar refractivity (Wildman–Crippen MR) is 118 cm³/mol. The molecule has 0 saturated carbocycles. The Morgan fingerprint density at radius 2 is 2.00 bits per heavy atom. The van der Waals surface area contributed by atoms with Crippen LogP contribution in [0, 0.1) is 0 Å². The van der Waals surface area contributed by atoms with Crippen LogP contribution < -0.4 is 10.6 Å². The van der Waals surface area contributed by atoms with Gasteiger partial charge in [0.2, 0.25) is 11.8 Å². The molecule has 6 nitrogen and oxygen atoms in total. The molecule has 1 fully saturated rings. The number of nitrogens with one attached hydrogen (secondary N) is 2. The number of piperidine rings is 1. The molecule has 10 heteroatoms. The van der Waals surface area contributed by atoms with Crippen molar-refractivity contribution in [3.8, 4) is 0 Å². The molecule has 1 aromatic carbocycles. The van der Waals surface area contributed by atoms with E-state index in [2.05, 4.69) is 15.6 Å². The van der Waals surface area contributed by atoms with Crippen LogP contribution in [0.15, 0.2) is 36.5 Å². The zero-order chi connectivity index (χ0) is 23.8. The SMILES string of the molecule is CN(C(=O)[C@H]1CCCC(=O)N1)C(c1ccc(N[C@H]2Cc3ccc(Cl)cc3C2)cn1)C(F)(F)F. The number of carbonyl (C=O) groups is 2. The van der Waals surface area contributed by atoms with Gasteiger partial charge in [0.15, 0.2) is 6.04 Å². The molecule has 0 spiro atoms. The standard InChI is InChI=1S/C23H24ClF3N4O2/c1-31(22(33)19-3-2-4-20(32)30-19)21(23(25,26)27)18-8-7-16(12-28-18)29-17-10-13-5-6-15(24)9-14(13)11-17/h5-9,12,17,19,21,29H,2-4,10-11H2,1H3,(H,30,32)/t17-,19+,21?/m0/s1. The van der Waals surface area contributed by atoms with Gasteiger partial charge in [-0.2, -0.15) is 13.2 Å². The number of hydrogen-bond acceptors (Lipinski definition) is 4. The van der Waals surface area contributed by atoms with Crippen LogP contribution in [0.2, 0.25) is 5.02 Å². The summed E-state index contributed by atoms with van der Waals surface area (Å²) in [5, 5.41) is 6.46. The number of aromatic nitrogens is 1. The van der Waals surface area contributed by atoms with Crippen LogP contribution >= 0.6 is 11.6 Å². The maximum Gasteiger partial charge on any atom is 0.414 e. The van der Waals surface area contributed by atoms with E-state index >= 15 is 0 Å². The topological polar surface area (TPSA) is 74.3 Å². The molecule has 3 atom stereocenters. The minimum Gasteiger partial charge on any atom is -0.380 e. The lowest BCUT2D eigenvalue weighted by Gasteiger charge is -2.33. The van der Waals surface area contributed by atoms with Gasteiger partial charge in [-0.05, 0) is 61.1 Å². The third kappa shape index (κ3) is 5.24. The number of amides is 2. The highest BCUT2D eigenvalue weighted by molar-refractivity contribution is 6.30. The number of carbonyl (C=O) groups excluding carboxylic acids is 2. The fourth-order valence-corrected chi connectivity index (χ4v) is 4.72. The average molecular weight is 481 g/mol. The summed E-state index contributed by atoms with van der Waals surface area (Å²) >= 11 is 6.05. The Hall–Kier alpha value is -2.81. The molecule has 2 aromatic rings. The van der Waals surface area contributed by atoms with E-state index in [4.69, 9.17) is 11.6 Å². The molecule has 0 radical (unpaired) electrons. The number of pyridine rings is 1. The number of alkyl halides is 3. The number of nitrogens with zero attached hydrogens (tertiary/aromatic N) is 2. The van der Waals surface area contributed by atoms with Gasteiger partial charge in [0, 0.05) is 24.5 Å². The number of hydrogen-bond donors (Lipinski definition) is 2. The van der Waals surface area contributed by atoms with Crippen molar-refractivity contribution in [1.29, 1.82) is 0 Å². The lowest BCUT2D eigenvalue weighted by Crippen LogP contribution is -2.52. The van der Waals surface area contributed by atoms with E-state index in [0.29, 0.717) is 28.5 Å². The number of rotatable bonds is 5. The first-order chi connectivity index (χ1) is 15.6. The number of benzene rings is 1. The second kappa shape index (κ2) is 9.21. The summed E-state index contributed by atoms with van der Waals surface area (Å²) in [4.78, 5) is 28.9. The second-order valence-corrected chi connectivity index (χ2v) is 8.98. The number of anilines is 1. The molecule has 176 valence electrons. The number of fused-ring (bicyclic) bond motifs is 1. The lowest BCUT2D eigenvalue weighted by molar-refractivity contribution is -0.190. The van der Waals surface area contributed by atoms with Crippen LogP contribution in [0.5, 0.6) is 0 Å². The third-order valence-electron chi connectivity index (χ3n) is 6.11. The van der Waals surface area contributed by atoms with Gasteiger partial charge in [-0.3, -0.25) is 14.6 Å². The molecule has 1 aliphatic heterocycles. The molecule has 33 heavy (non-hydrogen) atoms. The summed E-state index contributed by atoms with van der Waals surface area (Å²) in [6.07, 6.45) is -0.794. The smallest absolute Gasteiger partial charge is 0.380 e. The average Bonchev–Trinajstić information content (AvgIpc) is 3.14. The first-order valence-electron chi connectivity index (χ1n) is 10.7. The largest absolute Gasteiger partial charge is 0.414 e. The van der Waals surface area contributed by atoms with Gasteiger partial charge in [0.05, 0.1) is 17.6 Å². The van der Waals surface area contributed by atoms with E-state index in [-0.39, 0.29) is 24.1 Å². The third-order valence-corrected chi connectivity index (χ3v) is 6.35. The first-order valence-corrected chi connectivity index (χ1v) is 11.1. The van der Waals surface area contributed by atoms with Crippen molar-refractivity contribution in [2.75, 3.05) is 12.4 Å². The Balaban J connectivity index is 1.46. The van der Waals surface area contributed by atoms with E-state index in [0.717, 1.165) is 25.5 Å². The van der Waals surface area contributed by atoms with Crippen molar-refractivity contribution >= 4 is 29.1 Å². The van der Waals surface area contributed by atoms with E-state index in [1.807, 2.05) is 18.2 Å². The van der Waals surface area contributed by atoms with E-state index in [1.54, 1.807) is 0 Å². The van der Waals surface area contributed by atoms with Crippen molar-refractivity contribution in [3.63, 3.8) is 0 Å². The minimum absolute atomic E-state index is 0.0868. The zero-order valence-electron chi connectivity index (χ0n) is 18.0. The highest BCUT2D eigenvalue weighted by Gasteiger charge is 2.47. The zero-order valence-corrected chi connectivity index (χ0v) is 18.7. The molecule has 2 aliphatic rings. The van der Waals surface area contributed by atoms with Crippen LogP contribution in [-0.4, -0.2) is 47.0 Å². The molecule has 2 amide bonds. The molecule has 2 heterocycles.